The van der Waals surface area contributed by atoms with Crippen molar-refractivity contribution >= 4 is 60.7 Å². The Balaban J connectivity index is 1.24. The zero-order valence-electron chi connectivity index (χ0n) is 20.9. The third-order valence-electron chi connectivity index (χ3n) is 8.19. The molecular weight excluding hydrogens is 476 g/mol. The van der Waals surface area contributed by atoms with E-state index in [9.17, 15) is 0 Å². The molecule has 5 aromatic carbocycles. The van der Waals surface area contributed by atoms with Gasteiger partial charge in [-0.2, -0.15) is 0 Å². The summed E-state index contributed by atoms with van der Waals surface area (Å²) in [6.45, 7) is 0. The first-order valence-corrected chi connectivity index (χ1v) is 13.2. The van der Waals surface area contributed by atoms with Crippen molar-refractivity contribution in [3.05, 3.63) is 133 Å². The zero-order valence-corrected chi connectivity index (χ0v) is 20.9. The highest BCUT2D eigenvalue weighted by Crippen LogP contribution is 2.40. The van der Waals surface area contributed by atoms with Gasteiger partial charge in [-0.1, -0.05) is 60.7 Å². The second kappa shape index (κ2) is 7.57. The van der Waals surface area contributed by atoms with Crippen molar-refractivity contribution in [1.82, 2.24) is 9.13 Å². The lowest BCUT2D eigenvalue weighted by molar-refractivity contribution is 0.572. The zero-order chi connectivity index (χ0) is 25.5. The van der Waals surface area contributed by atoms with Crippen molar-refractivity contribution < 1.29 is 4.42 Å². The smallest absolute Gasteiger partial charge is 0.135 e. The maximum Gasteiger partial charge on any atom is 0.135 e. The van der Waals surface area contributed by atoms with Gasteiger partial charge in [-0.05, 0) is 66.7 Å². The van der Waals surface area contributed by atoms with Gasteiger partial charge in [0.05, 0.1) is 16.9 Å². The van der Waals surface area contributed by atoms with E-state index < -0.39 is 0 Å². The Kier molecular flexibility index (Phi) is 4.01. The number of hydrogen-bond donors (Lipinski definition) is 0. The number of benzene rings is 3. The molecule has 0 spiro atoms. The highest BCUT2D eigenvalue weighted by Gasteiger charge is 2.25. The van der Waals surface area contributed by atoms with E-state index in [-0.39, 0.29) is 6.04 Å². The molecule has 1 unspecified atom stereocenters. The van der Waals surface area contributed by atoms with Crippen LogP contribution in [-0.4, -0.2) is 9.13 Å². The molecule has 0 amide bonds. The molecular formula is C36H20N2O. The first-order chi connectivity index (χ1) is 19.3. The lowest BCUT2D eigenvalue weighted by atomic mass is 9.96. The Morgan fingerprint density at radius 1 is 0.718 bits per heavy atom. The van der Waals surface area contributed by atoms with Crippen LogP contribution in [0.1, 0.15) is 17.4 Å². The molecule has 0 aliphatic heterocycles. The standard InChI is InChI=1S/C36H20N2O/c1-5-13-31-25(9-1)26-10-2-6-14-32(26)37(31)23-17-19-35-29(21-23)30-22-24(18-20-36(30)39-35)38-33-15-7-3-11-27(33)28-12-4-8-16-34(28)38/h1-3,5-6,8-11,13-14,16-20,22-23H,21H2. The van der Waals surface area contributed by atoms with Gasteiger partial charge in [0.2, 0.25) is 0 Å². The number of hydrogen-bond acceptors (Lipinski definition) is 1. The molecule has 3 nitrogen and oxygen atoms in total. The minimum atomic E-state index is 0.188. The number of furan rings is 1. The molecule has 3 heteroatoms. The van der Waals surface area contributed by atoms with Crippen LogP contribution in [0.2, 0.25) is 0 Å². The summed E-state index contributed by atoms with van der Waals surface area (Å²) in [5.74, 6) is 0.948. The van der Waals surface area contributed by atoms with Crippen LogP contribution in [0.25, 0.3) is 66.3 Å². The Morgan fingerprint density at radius 2 is 1.49 bits per heavy atom. The van der Waals surface area contributed by atoms with Crippen molar-refractivity contribution in [3.8, 4) is 5.69 Å². The fraction of sp³-hybridized carbons (Fsp3) is 0.0556. The topological polar surface area (TPSA) is 23.0 Å². The van der Waals surface area contributed by atoms with Gasteiger partial charge in [0.1, 0.15) is 16.9 Å². The average Bonchev–Trinajstić information content (AvgIpc) is 3.64. The molecule has 3 aromatic heterocycles. The van der Waals surface area contributed by atoms with Crippen LogP contribution >= 0.6 is 0 Å². The van der Waals surface area contributed by atoms with E-state index in [0.717, 1.165) is 50.6 Å². The lowest BCUT2D eigenvalue weighted by Crippen LogP contribution is -2.12. The molecule has 0 saturated heterocycles. The van der Waals surface area contributed by atoms with Crippen LogP contribution in [-0.2, 0) is 6.42 Å². The maximum atomic E-state index is 6.35. The highest BCUT2D eigenvalue weighted by atomic mass is 16.3. The number of aromatic nitrogens is 2. The molecule has 0 saturated carbocycles. The van der Waals surface area contributed by atoms with Crippen molar-refractivity contribution in [2.24, 2.45) is 0 Å². The Labute approximate surface area is 224 Å². The molecule has 0 fully saturated rings. The number of fused-ring (bicyclic) bond motifs is 9. The summed E-state index contributed by atoms with van der Waals surface area (Å²) >= 11 is 0. The molecule has 3 heterocycles. The van der Waals surface area contributed by atoms with Gasteiger partial charge in [0, 0.05) is 50.2 Å². The molecule has 0 bridgehead atoms. The van der Waals surface area contributed by atoms with E-state index in [1.807, 2.05) is 12.1 Å². The molecule has 0 radical (unpaired) electrons. The van der Waals surface area contributed by atoms with Gasteiger partial charge < -0.3 is 13.6 Å². The van der Waals surface area contributed by atoms with Crippen LogP contribution < -0.4 is 0 Å². The van der Waals surface area contributed by atoms with Gasteiger partial charge in [-0.25, -0.2) is 0 Å². The molecule has 1 aliphatic rings. The van der Waals surface area contributed by atoms with Crippen LogP contribution in [0.3, 0.4) is 0 Å². The SMILES string of the molecule is c1ccc2c3c#cccc3n(-c3ccc4oc5c(c4c3)CC(n3c4ccccc4c4ccccc43)C=C5)c2c#1. The van der Waals surface area contributed by atoms with E-state index in [1.165, 1.54) is 27.4 Å². The van der Waals surface area contributed by atoms with Crippen LogP contribution in [0, 0.1) is 24.3 Å². The van der Waals surface area contributed by atoms with Crippen molar-refractivity contribution in [2.75, 3.05) is 0 Å². The first kappa shape index (κ1) is 20.7. The van der Waals surface area contributed by atoms with Crippen LogP contribution in [0.15, 0.2) is 101 Å². The summed E-state index contributed by atoms with van der Waals surface area (Å²) in [4.78, 5) is 0. The van der Waals surface area contributed by atoms with E-state index in [0.29, 0.717) is 0 Å². The third kappa shape index (κ3) is 2.79. The van der Waals surface area contributed by atoms with Gasteiger partial charge >= 0.3 is 0 Å². The van der Waals surface area contributed by atoms with E-state index >= 15 is 0 Å². The predicted molar refractivity (Wildman–Crippen MR) is 157 cm³/mol. The molecule has 8 aromatic rings. The normalized spacial score (nSPS) is 14.8. The Morgan fingerprint density at radius 3 is 2.33 bits per heavy atom. The summed E-state index contributed by atoms with van der Waals surface area (Å²) < 4.78 is 11.1. The summed E-state index contributed by atoms with van der Waals surface area (Å²) in [6.07, 6.45) is 5.30. The highest BCUT2D eigenvalue weighted by molar-refractivity contribution is 6.09. The number of allylic oxidation sites excluding steroid dienone is 1. The lowest BCUT2D eigenvalue weighted by Gasteiger charge is -2.21. The predicted octanol–water partition coefficient (Wildman–Crippen LogP) is 8.65. The second-order valence-electron chi connectivity index (χ2n) is 10.2. The monoisotopic (exact) mass is 496 g/mol. The van der Waals surface area contributed by atoms with Crippen molar-refractivity contribution in [1.29, 1.82) is 0 Å². The third-order valence-corrected chi connectivity index (χ3v) is 8.19. The van der Waals surface area contributed by atoms with Crippen LogP contribution in [0.5, 0.6) is 0 Å². The van der Waals surface area contributed by atoms with E-state index in [4.69, 9.17) is 4.42 Å². The number of rotatable bonds is 2. The maximum absolute atomic E-state index is 6.35. The molecule has 39 heavy (non-hydrogen) atoms. The van der Waals surface area contributed by atoms with Crippen LogP contribution in [0.4, 0.5) is 0 Å². The number of para-hydroxylation sites is 2. The van der Waals surface area contributed by atoms with E-state index in [1.54, 1.807) is 0 Å². The summed E-state index contributed by atoms with van der Waals surface area (Å²) in [5, 5.41) is 5.88. The Hall–Kier alpha value is -5.38. The molecule has 0 N–H and O–H groups in total. The largest absolute Gasteiger partial charge is 0.456 e. The van der Waals surface area contributed by atoms with Gasteiger partial charge in [0.15, 0.2) is 0 Å². The fourth-order valence-electron chi connectivity index (χ4n) is 6.52. The van der Waals surface area contributed by atoms with Gasteiger partial charge in [-0.15, -0.1) is 0 Å². The van der Waals surface area contributed by atoms with Crippen molar-refractivity contribution in [2.45, 2.75) is 12.5 Å². The molecule has 1 atom stereocenters. The van der Waals surface area contributed by atoms with E-state index in [2.05, 4.69) is 124 Å². The number of nitrogens with zero attached hydrogens (tertiary/aromatic N) is 2. The molecule has 180 valence electrons. The quantitative estimate of drug-likeness (QED) is 0.235. The average molecular weight is 497 g/mol. The minimum absolute atomic E-state index is 0.188. The minimum Gasteiger partial charge on any atom is -0.456 e. The summed E-state index contributed by atoms with van der Waals surface area (Å²) in [6, 6.07) is 45.0. The van der Waals surface area contributed by atoms with Gasteiger partial charge in [0.25, 0.3) is 0 Å². The Bertz CT molecular complexity index is 2170. The summed E-state index contributed by atoms with van der Waals surface area (Å²) in [7, 11) is 0. The van der Waals surface area contributed by atoms with Crippen molar-refractivity contribution in [3.63, 3.8) is 0 Å². The first-order valence-electron chi connectivity index (χ1n) is 13.2. The fourth-order valence-corrected chi connectivity index (χ4v) is 6.52. The van der Waals surface area contributed by atoms with Gasteiger partial charge in [-0.3, -0.25) is 0 Å². The second-order valence-corrected chi connectivity index (χ2v) is 10.2. The molecule has 1 aliphatic carbocycles. The molecule has 9 rings (SSSR count). The summed E-state index contributed by atoms with van der Waals surface area (Å²) in [5.41, 5.74) is 7.82.